The smallest absolute Gasteiger partial charge is 0.233 e. The van der Waals surface area contributed by atoms with Crippen LogP contribution in [0.25, 0.3) is 0 Å². The summed E-state index contributed by atoms with van der Waals surface area (Å²) < 4.78 is 0. The molecule has 4 nitrogen and oxygen atoms in total. The molecule has 0 spiro atoms. The molecular weight excluding hydrogens is 192 g/mol. The van der Waals surface area contributed by atoms with Gasteiger partial charge in [0.05, 0.1) is 6.54 Å². The summed E-state index contributed by atoms with van der Waals surface area (Å²) in [6, 6.07) is 5.40. The second-order valence-corrected chi connectivity index (χ2v) is 3.41. The van der Waals surface area contributed by atoms with Crippen molar-refractivity contribution in [2.45, 2.75) is 13.5 Å². The number of phenolic OH excluding ortho intramolecular Hbond substituents is 1. The van der Waals surface area contributed by atoms with Crippen molar-refractivity contribution in [1.82, 2.24) is 10.6 Å². The number of hydrogen-bond acceptors (Lipinski definition) is 3. The van der Waals surface area contributed by atoms with Crippen molar-refractivity contribution in [3.63, 3.8) is 0 Å². The van der Waals surface area contributed by atoms with Gasteiger partial charge in [0.2, 0.25) is 5.91 Å². The molecule has 3 N–H and O–H groups in total. The van der Waals surface area contributed by atoms with E-state index in [-0.39, 0.29) is 18.2 Å². The minimum absolute atomic E-state index is 0.0675. The van der Waals surface area contributed by atoms with E-state index in [9.17, 15) is 9.90 Å². The van der Waals surface area contributed by atoms with Crippen molar-refractivity contribution in [3.8, 4) is 5.75 Å². The van der Waals surface area contributed by atoms with E-state index in [1.165, 1.54) is 0 Å². The van der Waals surface area contributed by atoms with Gasteiger partial charge in [0, 0.05) is 19.2 Å². The van der Waals surface area contributed by atoms with Gasteiger partial charge in [-0.2, -0.15) is 0 Å². The Labute approximate surface area is 89.3 Å². The standard InChI is InChI=1S/C11H16N2O2/c1-8-3-4-10(14)9(5-8)6-13-7-11(15)12-2/h3-5,13-14H,6-7H2,1-2H3,(H,12,15). The van der Waals surface area contributed by atoms with Crippen LogP contribution in [0, 0.1) is 6.92 Å². The quantitative estimate of drug-likeness (QED) is 0.676. The Morgan fingerprint density at radius 2 is 2.20 bits per heavy atom. The van der Waals surface area contributed by atoms with Crippen molar-refractivity contribution >= 4 is 5.91 Å². The highest BCUT2D eigenvalue weighted by Gasteiger charge is 2.02. The van der Waals surface area contributed by atoms with Crippen molar-refractivity contribution in [3.05, 3.63) is 29.3 Å². The molecular formula is C11H16N2O2. The number of nitrogens with one attached hydrogen (secondary N) is 2. The number of aromatic hydroxyl groups is 1. The zero-order chi connectivity index (χ0) is 11.3. The molecule has 15 heavy (non-hydrogen) atoms. The molecule has 0 aromatic heterocycles. The number of carbonyl (C=O) groups excluding carboxylic acids is 1. The van der Waals surface area contributed by atoms with Gasteiger partial charge >= 0.3 is 0 Å². The fourth-order valence-corrected chi connectivity index (χ4v) is 1.25. The molecule has 0 unspecified atom stereocenters. The average molecular weight is 208 g/mol. The molecule has 0 heterocycles. The normalized spacial score (nSPS) is 10.0. The number of aryl methyl sites for hydroxylation is 1. The van der Waals surface area contributed by atoms with Gasteiger partial charge in [-0.3, -0.25) is 4.79 Å². The summed E-state index contributed by atoms with van der Waals surface area (Å²) in [6.45, 7) is 2.70. The summed E-state index contributed by atoms with van der Waals surface area (Å²) >= 11 is 0. The van der Waals surface area contributed by atoms with Gasteiger partial charge in [-0.25, -0.2) is 0 Å². The third kappa shape index (κ3) is 3.59. The van der Waals surface area contributed by atoms with Crippen LogP contribution >= 0.6 is 0 Å². The molecule has 1 aromatic carbocycles. The molecule has 0 fully saturated rings. The Hall–Kier alpha value is -1.55. The van der Waals surface area contributed by atoms with Gasteiger partial charge in [-0.05, 0) is 13.0 Å². The first-order valence-corrected chi connectivity index (χ1v) is 4.83. The molecule has 0 aliphatic carbocycles. The number of rotatable bonds is 4. The molecule has 0 aliphatic heterocycles. The number of amides is 1. The first-order chi connectivity index (χ1) is 7.13. The topological polar surface area (TPSA) is 61.4 Å². The van der Waals surface area contributed by atoms with E-state index in [0.717, 1.165) is 11.1 Å². The van der Waals surface area contributed by atoms with E-state index in [0.29, 0.717) is 6.54 Å². The molecule has 0 atom stereocenters. The monoisotopic (exact) mass is 208 g/mol. The van der Waals surface area contributed by atoms with E-state index < -0.39 is 0 Å². The van der Waals surface area contributed by atoms with Crippen LogP contribution in [-0.2, 0) is 11.3 Å². The lowest BCUT2D eigenvalue weighted by Gasteiger charge is -2.07. The second kappa shape index (κ2) is 5.36. The SMILES string of the molecule is CNC(=O)CNCc1cc(C)ccc1O. The zero-order valence-electron chi connectivity index (χ0n) is 9.00. The molecule has 4 heteroatoms. The molecule has 0 saturated heterocycles. The third-order valence-electron chi connectivity index (χ3n) is 2.11. The number of hydrogen-bond donors (Lipinski definition) is 3. The second-order valence-electron chi connectivity index (χ2n) is 3.41. The Morgan fingerprint density at radius 3 is 2.87 bits per heavy atom. The van der Waals surface area contributed by atoms with Gasteiger partial charge < -0.3 is 15.7 Å². The van der Waals surface area contributed by atoms with E-state index in [2.05, 4.69) is 10.6 Å². The van der Waals surface area contributed by atoms with Crippen LogP contribution in [-0.4, -0.2) is 24.6 Å². The summed E-state index contributed by atoms with van der Waals surface area (Å²) in [7, 11) is 1.59. The van der Waals surface area contributed by atoms with Gasteiger partial charge in [-0.1, -0.05) is 17.7 Å². The number of likely N-dealkylation sites (N-methyl/N-ethyl adjacent to an activating group) is 1. The molecule has 0 saturated carbocycles. The van der Waals surface area contributed by atoms with Crippen LogP contribution in [0.1, 0.15) is 11.1 Å². The first kappa shape index (κ1) is 11.5. The maximum absolute atomic E-state index is 10.9. The van der Waals surface area contributed by atoms with Crippen molar-refractivity contribution in [2.24, 2.45) is 0 Å². The van der Waals surface area contributed by atoms with Crippen LogP contribution in [0.3, 0.4) is 0 Å². The van der Waals surface area contributed by atoms with E-state index in [4.69, 9.17) is 0 Å². The van der Waals surface area contributed by atoms with Crippen molar-refractivity contribution in [1.29, 1.82) is 0 Å². The fourth-order valence-electron chi connectivity index (χ4n) is 1.25. The Bertz CT molecular complexity index is 350. The van der Waals surface area contributed by atoms with Gasteiger partial charge in [-0.15, -0.1) is 0 Å². The number of carbonyl (C=O) groups is 1. The minimum Gasteiger partial charge on any atom is -0.508 e. The first-order valence-electron chi connectivity index (χ1n) is 4.83. The van der Waals surface area contributed by atoms with Crippen LogP contribution in [0.15, 0.2) is 18.2 Å². The lowest BCUT2D eigenvalue weighted by Crippen LogP contribution is -2.30. The molecule has 0 aliphatic rings. The van der Waals surface area contributed by atoms with E-state index >= 15 is 0 Å². The van der Waals surface area contributed by atoms with Gasteiger partial charge in [0.15, 0.2) is 0 Å². The highest BCUT2D eigenvalue weighted by Crippen LogP contribution is 2.17. The summed E-state index contributed by atoms with van der Waals surface area (Å²) in [5.74, 6) is 0.187. The summed E-state index contributed by atoms with van der Waals surface area (Å²) in [5.41, 5.74) is 1.89. The maximum atomic E-state index is 10.9. The van der Waals surface area contributed by atoms with Crippen molar-refractivity contribution < 1.29 is 9.90 Å². The fraction of sp³-hybridized carbons (Fsp3) is 0.364. The Kier molecular flexibility index (Phi) is 4.12. The van der Waals surface area contributed by atoms with Crippen LogP contribution in [0.5, 0.6) is 5.75 Å². The van der Waals surface area contributed by atoms with Gasteiger partial charge in [0.25, 0.3) is 0 Å². The molecule has 1 amide bonds. The Balaban J connectivity index is 2.50. The van der Waals surface area contributed by atoms with E-state index in [1.54, 1.807) is 13.1 Å². The lowest BCUT2D eigenvalue weighted by molar-refractivity contribution is -0.119. The Morgan fingerprint density at radius 1 is 1.47 bits per heavy atom. The molecule has 1 aromatic rings. The highest BCUT2D eigenvalue weighted by molar-refractivity contribution is 5.77. The van der Waals surface area contributed by atoms with E-state index in [1.807, 2.05) is 19.1 Å². The third-order valence-corrected chi connectivity index (χ3v) is 2.11. The van der Waals surface area contributed by atoms with Gasteiger partial charge in [0.1, 0.15) is 5.75 Å². The molecule has 0 radical (unpaired) electrons. The predicted molar refractivity (Wildman–Crippen MR) is 58.6 cm³/mol. The summed E-state index contributed by atoms with van der Waals surface area (Å²) in [6.07, 6.45) is 0. The highest BCUT2D eigenvalue weighted by atomic mass is 16.3. The number of benzene rings is 1. The molecule has 0 bridgehead atoms. The summed E-state index contributed by atoms with van der Waals surface area (Å²) in [4.78, 5) is 10.9. The molecule has 82 valence electrons. The number of phenols is 1. The average Bonchev–Trinajstić information content (AvgIpc) is 2.23. The van der Waals surface area contributed by atoms with Crippen molar-refractivity contribution in [2.75, 3.05) is 13.6 Å². The van der Waals surface area contributed by atoms with Crippen LogP contribution in [0.2, 0.25) is 0 Å². The van der Waals surface area contributed by atoms with Crippen LogP contribution in [0.4, 0.5) is 0 Å². The maximum Gasteiger partial charge on any atom is 0.233 e. The summed E-state index contributed by atoms with van der Waals surface area (Å²) in [5, 5.41) is 15.0. The largest absolute Gasteiger partial charge is 0.508 e. The lowest BCUT2D eigenvalue weighted by atomic mass is 10.1. The predicted octanol–water partition coefficient (Wildman–Crippen LogP) is 0.536. The molecule has 1 rings (SSSR count). The zero-order valence-corrected chi connectivity index (χ0v) is 9.00. The minimum atomic E-state index is -0.0675. The van der Waals surface area contributed by atoms with Crippen LogP contribution < -0.4 is 10.6 Å².